The highest BCUT2D eigenvalue weighted by Gasteiger charge is 2.04. The third-order valence-corrected chi connectivity index (χ3v) is 3.02. The molecule has 100 valence electrons. The summed E-state index contributed by atoms with van der Waals surface area (Å²) < 4.78 is 5.22. The number of benzene rings is 1. The number of allylic oxidation sites excluding steroid dienone is 1. The maximum Gasteiger partial charge on any atom is 0.191 e. The quantitative estimate of drug-likeness (QED) is 0.778. The van der Waals surface area contributed by atoms with Crippen molar-refractivity contribution in [3.05, 3.63) is 49.1 Å². The zero-order chi connectivity index (χ0) is 13.7. The molecule has 1 unspecified atom stereocenters. The highest BCUT2D eigenvalue weighted by Crippen LogP contribution is 2.21. The summed E-state index contributed by atoms with van der Waals surface area (Å²) in [6.07, 6.45) is 5.76. The molecule has 1 heterocycles. The highest BCUT2D eigenvalue weighted by atomic mass is 16.3. The molecule has 0 spiro atoms. The molecular formula is C16H20N2O. The van der Waals surface area contributed by atoms with E-state index in [0.29, 0.717) is 11.9 Å². The van der Waals surface area contributed by atoms with Crippen molar-refractivity contribution in [2.45, 2.75) is 32.7 Å². The van der Waals surface area contributed by atoms with Crippen LogP contribution in [0.25, 0.3) is 11.3 Å². The summed E-state index contributed by atoms with van der Waals surface area (Å²) in [4.78, 5) is 4.31. The zero-order valence-electron chi connectivity index (χ0n) is 11.5. The minimum atomic E-state index is 0.443. The van der Waals surface area contributed by atoms with Gasteiger partial charge in [0.05, 0.1) is 0 Å². The molecule has 2 rings (SSSR count). The molecular weight excluding hydrogens is 236 g/mol. The van der Waals surface area contributed by atoms with Crippen molar-refractivity contribution in [1.29, 1.82) is 0 Å². The second-order valence-electron chi connectivity index (χ2n) is 4.74. The Balaban J connectivity index is 2.00. The van der Waals surface area contributed by atoms with Crippen molar-refractivity contribution in [3.8, 4) is 11.3 Å². The van der Waals surface area contributed by atoms with Crippen molar-refractivity contribution >= 4 is 5.69 Å². The number of nitrogens with one attached hydrogen (secondary N) is 1. The van der Waals surface area contributed by atoms with Gasteiger partial charge in [0, 0.05) is 24.2 Å². The summed E-state index contributed by atoms with van der Waals surface area (Å²) in [5.74, 6) is 0.690. The number of rotatable bonds is 6. The first-order valence-electron chi connectivity index (χ1n) is 6.59. The molecule has 0 aliphatic carbocycles. The van der Waals surface area contributed by atoms with E-state index in [4.69, 9.17) is 4.42 Å². The lowest BCUT2D eigenvalue weighted by molar-refractivity contribution is 0.521. The van der Waals surface area contributed by atoms with Crippen LogP contribution in [0.4, 0.5) is 5.69 Å². The second-order valence-corrected chi connectivity index (χ2v) is 4.74. The Hall–Kier alpha value is -2.03. The van der Waals surface area contributed by atoms with Crippen LogP contribution in [0, 0.1) is 6.92 Å². The Morgan fingerprint density at radius 1 is 1.37 bits per heavy atom. The van der Waals surface area contributed by atoms with Gasteiger partial charge in [-0.25, -0.2) is 4.98 Å². The summed E-state index contributed by atoms with van der Waals surface area (Å²) >= 11 is 0. The molecule has 2 aromatic rings. The molecule has 0 amide bonds. The minimum Gasteiger partial charge on any atom is -0.449 e. The van der Waals surface area contributed by atoms with Gasteiger partial charge in [0.1, 0.15) is 12.0 Å². The SMILES string of the molecule is C=CCCC(C)Nc1ccc(-c2coc(C)n2)cc1. The van der Waals surface area contributed by atoms with Gasteiger partial charge in [0.15, 0.2) is 5.89 Å². The maximum absolute atomic E-state index is 5.22. The first-order valence-corrected chi connectivity index (χ1v) is 6.59. The van der Waals surface area contributed by atoms with E-state index >= 15 is 0 Å². The fourth-order valence-corrected chi connectivity index (χ4v) is 1.96. The van der Waals surface area contributed by atoms with Crippen LogP contribution in [0.15, 0.2) is 47.6 Å². The molecule has 1 atom stereocenters. The number of oxazole rings is 1. The summed E-state index contributed by atoms with van der Waals surface area (Å²) in [5, 5.41) is 3.47. The smallest absolute Gasteiger partial charge is 0.191 e. The third kappa shape index (κ3) is 3.71. The monoisotopic (exact) mass is 256 g/mol. The van der Waals surface area contributed by atoms with Crippen molar-refractivity contribution in [2.24, 2.45) is 0 Å². The summed E-state index contributed by atoms with van der Waals surface area (Å²) in [6, 6.07) is 8.70. The van der Waals surface area contributed by atoms with Crippen LogP contribution in [-0.4, -0.2) is 11.0 Å². The van der Waals surface area contributed by atoms with Crippen LogP contribution in [0.1, 0.15) is 25.7 Å². The van der Waals surface area contributed by atoms with Crippen molar-refractivity contribution in [3.63, 3.8) is 0 Å². The van der Waals surface area contributed by atoms with E-state index in [-0.39, 0.29) is 0 Å². The summed E-state index contributed by atoms with van der Waals surface area (Å²) in [5.41, 5.74) is 3.07. The van der Waals surface area contributed by atoms with Crippen LogP contribution < -0.4 is 5.32 Å². The van der Waals surface area contributed by atoms with Gasteiger partial charge in [-0.1, -0.05) is 18.2 Å². The van der Waals surface area contributed by atoms with Crippen LogP contribution in [0.2, 0.25) is 0 Å². The van der Waals surface area contributed by atoms with E-state index in [1.165, 1.54) is 0 Å². The minimum absolute atomic E-state index is 0.443. The van der Waals surface area contributed by atoms with Gasteiger partial charge in [-0.2, -0.15) is 0 Å². The molecule has 0 fully saturated rings. The normalized spacial score (nSPS) is 12.1. The number of anilines is 1. The van der Waals surface area contributed by atoms with Crippen LogP contribution in [-0.2, 0) is 0 Å². The molecule has 0 aliphatic heterocycles. The summed E-state index contributed by atoms with van der Waals surface area (Å²) in [7, 11) is 0. The Labute approximate surface area is 114 Å². The average Bonchev–Trinajstić information content (AvgIpc) is 2.84. The number of hydrogen-bond acceptors (Lipinski definition) is 3. The predicted octanol–water partition coefficient (Wildman–Crippen LogP) is 4.42. The first kappa shape index (κ1) is 13.4. The average molecular weight is 256 g/mol. The lowest BCUT2D eigenvalue weighted by Crippen LogP contribution is -2.14. The number of aromatic nitrogens is 1. The Morgan fingerprint density at radius 3 is 2.68 bits per heavy atom. The number of nitrogens with zero attached hydrogens (tertiary/aromatic N) is 1. The van der Waals surface area contributed by atoms with Crippen molar-refractivity contribution in [2.75, 3.05) is 5.32 Å². The van der Waals surface area contributed by atoms with Crippen molar-refractivity contribution < 1.29 is 4.42 Å². The van der Waals surface area contributed by atoms with Gasteiger partial charge in [-0.15, -0.1) is 6.58 Å². The van der Waals surface area contributed by atoms with Crippen LogP contribution >= 0.6 is 0 Å². The van der Waals surface area contributed by atoms with Gasteiger partial charge in [0.25, 0.3) is 0 Å². The molecule has 3 heteroatoms. The molecule has 0 saturated heterocycles. The van der Waals surface area contributed by atoms with Gasteiger partial charge in [-0.3, -0.25) is 0 Å². The van der Waals surface area contributed by atoms with E-state index in [1.807, 2.05) is 13.0 Å². The molecule has 0 saturated carbocycles. The molecule has 1 aromatic carbocycles. The molecule has 1 N–H and O–H groups in total. The summed E-state index contributed by atoms with van der Waals surface area (Å²) in [6.45, 7) is 7.77. The van der Waals surface area contributed by atoms with Gasteiger partial charge in [0.2, 0.25) is 0 Å². The van der Waals surface area contributed by atoms with Gasteiger partial charge in [-0.05, 0) is 31.9 Å². The number of aryl methyl sites for hydroxylation is 1. The lowest BCUT2D eigenvalue weighted by Gasteiger charge is -2.14. The van der Waals surface area contributed by atoms with E-state index in [9.17, 15) is 0 Å². The Kier molecular flexibility index (Phi) is 4.39. The van der Waals surface area contributed by atoms with E-state index in [0.717, 1.165) is 29.8 Å². The third-order valence-electron chi connectivity index (χ3n) is 3.02. The number of hydrogen-bond donors (Lipinski definition) is 1. The molecule has 0 radical (unpaired) electrons. The lowest BCUT2D eigenvalue weighted by atomic mass is 10.1. The molecule has 19 heavy (non-hydrogen) atoms. The van der Waals surface area contributed by atoms with E-state index in [1.54, 1.807) is 6.26 Å². The zero-order valence-corrected chi connectivity index (χ0v) is 11.5. The van der Waals surface area contributed by atoms with Crippen LogP contribution in [0.3, 0.4) is 0 Å². The maximum atomic E-state index is 5.22. The molecule has 0 aliphatic rings. The van der Waals surface area contributed by atoms with Gasteiger partial charge < -0.3 is 9.73 Å². The Morgan fingerprint density at radius 2 is 2.11 bits per heavy atom. The topological polar surface area (TPSA) is 38.1 Å². The van der Waals surface area contributed by atoms with Gasteiger partial charge >= 0.3 is 0 Å². The fourth-order valence-electron chi connectivity index (χ4n) is 1.96. The molecule has 0 bridgehead atoms. The fraction of sp³-hybridized carbons (Fsp3) is 0.312. The standard InChI is InChI=1S/C16H20N2O/c1-4-5-6-12(2)17-15-9-7-14(8-10-15)16-11-19-13(3)18-16/h4,7-12,17H,1,5-6H2,2-3H3. The van der Waals surface area contributed by atoms with E-state index < -0.39 is 0 Å². The van der Waals surface area contributed by atoms with Crippen molar-refractivity contribution in [1.82, 2.24) is 4.98 Å². The predicted molar refractivity (Wildman–Crippen MR) is 79.2 cm³/mol. The molecule has 3 nitrogen and oxygen atoms in total. The first-order chi connectivity index (χ1) is 9.19. The van der Waals surface area contributed by atoms with Crippen LogP contribution in [0.5, 0.6) is 0 Å². The highest BCUT2D eigenvalue weighted by molar-refractivity contribution is 5.61. The van der Waals surface area contributed by atoms with E-state index in [2.05, 4.69) is 48.1 Å². The largest absolute Gasteiger partial charge is 0.449 e. The second kappa shape index (κ2) is 6.23. The molecule has 1 aromatic heterocycles. The Bertz CT molecular complexity index is 528.